The van der Waals surface area contributed by atoms with Crippen LogP contribution in [-0.2, 0) is 4.79 Å². The van der Waals surface area contributed by atoms with E-state index in [1.54, 1.807) is 35.7 Å². The molecule has 0 aliphatic rings. The summed E-state index contributed by atoms with van der Waals surface area (Å²) in [7, 11) is 0. The number of unbranched alkanes of at least 4 members (excludes halogenated alkanes) is 3. The number of carbonyl (C=O) groups excluding carboxylic acids is 1. The maximum absolute atomic E-state index is 13.4. The molecule has 0 aliphatic heterocycles. The predicted molar refractivity (Wildman–Crippen MR) is 127 cm³/mol. The SMILES string of the molecule is CCCCCCSC(C(=O)Nc1c(SC)cc(C)nc1SC)c1ccc(F)cc1. The summed E-state index contributed by atoms with van der Waals surface area (Å²) >= 11 is 4.73. The van der Waals surface area contributed by atoms with Gasteiger partial charge in [-0.05, 0) is 55.4 Å². The second-order valence-corrected chi connectivity index (χ2v) is 9.56. The van der Waals surface area contributed by atoms with Crippen molar-refractivity contribution in [1.82, 2.24) is 4.98 Å². The van der Waals surface area contributed by atoms with E-state index in [2.05, 4.69) is 17.2 Å². The van der Waals surface area contributed by atoms with Crippen molar-refractivity contribution in [3.8, 4) is 0 Å². The smallest absolute Gasteiger partial charge is 0.242 e. The minimum absolute atomic E-state index is 0.0895. The van der Waals surface area contributed by atoms with E-state index in [0.717, 1.165) is 45.5 Å². The van der Waals surface area contributed by atoms with Gasteiger partial charge in [0, 0.05) is 10.6 Å². The highest BCUT2D eigenvalue weighted by Crippen LogP contribution is 2.37. The molecule has 0 spiro atoms. The van der Waals surface area contributed by atoms with Crippen LogP contribution in [0, 0.1) is 12.7 Å². The van der Waals surface area contributed by atoms with Crippen LogP contribution in [-0.4, -0.2) is 29.2 Å². The maximum Gasteiger partial charge on any atom is 0.242 e. The van der Waals surface area contributed by atoms with Crippen molar-refractivity contribution in [3.63, 3.8) is 0 Å². The molecule has 1 aromatic heterocycles. The van der Waals surface area contributed by atoms with Crippen molar-refractivity contribution in [3.05, 3.63) is 47.4 Å². The molecule has 1 N–H and O–H groups in total. The number of nitrogens with one attached hydrogen (secondary N) is 1. The Balaban J connectivity index is 2.24. The Bertz CT molecular complexity index is 774. The summed E-state index contributed by atoms with van der Waals surface area (Å²) in [6.45, 7) is 4.14. The minimum atomic E-state index is -0.386. The molecule has 1 amide bonds. The van der Waals surface area contributed by atoms with Gasteiger partial charge in [0.25, 0.3) is 0 Å². The van der Waals surface area contributed by atoms with Gasteiger partial charge in [-0.25, -0.2) is 9.37 Å². The first-order valence-corrected chi connectivity index (χ1v) is 13.3. The average molecular weight is 453 g/mol. The Morgan fingerprint density at radius 2 is 1.86 bits per heavy atom. The number of anilines is 1. The van der Waals surface area contributed by atoms with Crippen LogP contribution in [0.25, 0.3) is 0 Å². The number of halogens is 1. The molecular weight excluding hydrogens is 423 g/mol. The second kappa shape index (κ2) is 12.5. The number of pyridine rings is 1. The molecular formula is C22H29FN2OS3. The highest BCUT2D eigenvalue weighted by atomic mass is 32.2. The normalized spacial score (nSPS) is 12.0. The van der Waals surface area contributed by atoms with Crippen LogP contribution < -0.4 is 5.32 Å². The van der Waals surface area contributed by atoms with Gasteiger partial charge in [-0.2, -0.15) is 0 Å². The van der Waals surface area contributed by atoms with Crippen LogP contribution in [0.15, 0.2) is 40.3 Å². The third-order valence-corrected chi connectivity index (χ3v) is 7.22. The molecule has 3 nitrogen and oxygen atoms in total. The van der Waals surface area contributed by atoms with Gasteiger partial charge >= 0.3 is 0 Å². The number of rotatable bonds is 11. The molecule has 7 heteroatoms. The van der Waals surface area contributed by atoms with Crippen molar-refractivity contribution in [1.29, 1.82) is 0 Å². The molecule has 0 bridgehead atoms. The van der Waals surface area contributed by atoms with Gasteiger partial charge in [0.1, 0.15) is 16.1 Å². The number of nitrogens with zero attached hydrogens (tertiary/aromatic N) is 1. The van der Waals surface area contributed by atoms with E-state index in [1.165, 1.54) is 36.7 Å². The van der Waals surface area contributed by atoms with Gasteiger partial charge in [-0.15, -0.1) is 35.3 Å². The van der Waals surface area contributed by atoms with Crippen LogP contribution in [0.2, 0.25) is 0 Å². The summed E-state index contributed by atoms with van der Waals surface area (Å²) in [5.74, 6) is 0.512. The number of thioether (sulfide) groups is 3. The Labute approximate surface area is 186 Å². The number of amides is 1. The summed E-state index contributed by atoms with van der Waals surface area (Å²) in [4.78, 5) is 18.8. The maximum atomic E-state index is 13.4. The third-order valence-electron chi connectivity index (χ3n) is 4.43. The number of aromatic nitrogens is 1. The zero-order valence-corrected chi connectivity index (χ0v) is 19.9. The molecule has 0 saturated carbocycles. The summed E-state index contributed by atoms with van der Waals surface area (Å²) < 4.78 is 13.4. The van der Waals surface area contributed by atoms with Gasteiger partial charge in [0.15, 0.2) is 0 Å². The lowest BCUT2D eigenvalue weighted by Gasteiger charge is -2.20. The highest BCUT2D eigenvalue weighted by molar-refractivity contribution is 8.00. The molecule has 0 aliphatic carbocycles. The van der Waals surface area contributed by atoms with Crippen molar-refractivity contribution in [2.45, 2.75) is 54.7 Å². The number of hydrogen-bond acceptors (Lipinski definition) is 5. The van der Waals surface area contributed by atoms with E-state index >= 15 is 0 Å². The van der Waals surface area contributed by atoms with Crippen LogP contribution >= 0.6 is 35.3 Å². The monoisotopic (exact) mass is 452 g/mol. The first-order chi connectivity index (χ1) is 14.0. The third kappa shape index (κ3) is 7.23. The fourth-order valence-corrected chi connectivity index (χ4v) is 5.39. The Kier molecular flexibility index (Phi) is 10.4. The summed E-state index contributed by atoms with van der Waals surface area (Å²) in [5.41, 5.74) is 2.51. The highest BCUT2D eigenvalue weighted by Gasteiger charge is 2.23. The van der Waals surface area contributed by atoms with Crippen molar-refractivity contribution < 1.29 is 9.18 Å². The van der Waals surface area contributed by atoms with E-state index in [4.69, 9.17) is 0 Å². The van der Waals surface area contributed by atoms with E-state index < -0.39 is 0 Å². The zero-order chi connectivity index (χ0) is 21.2. The molecule has 0 saturated heterocycles. The van der Waals surface area contributed by atoms with Crippen molar-refractivity contribution >= 4 is 46.9 Å². The van der Waals surface area contributed by atoms with Crippen LogP contribution in [0.5, 0.6) is 0 Å². The molecule has 2 aromatic rings. The topological polar surface area (TPSA) is 42.0 Å². The summed E-state index contributed by atoms with van der Waals surface area (Å²) in [6, 6.07) is 8.24. The zero-order valence-electron chi connectivity index (χ0n) is 17.5. The van der Waals surface area contributed by atoms with Crippen LogP contribution in [0.4, 0.5) is 10.1 Å². The number of aryl methyl sites for hydroxylation is 1. The molecule has 0 fully saturated rings. The Hall–Kier alpha value is -1.18. The first-order valence-electron chi connectivity index (χ1n) is 9.77. The average Bonchev–Trinajstić information content (AvgIpc) is 2.72. The molecule has 158 valence electrons. The number of hydrogen-bond donors (Lipinski definition) is 1. The fraction of sp³-hybridized carbons (Fsp3) is 0.455. The largest absolute Gasteiger partial charge is 0.322 e. The van der Waals surface area contributed by atoms with Gasteiger partial charge in [-0.1, -0.05) is 38.3 Å². The Morgan fingerprint density at radius 3 is 2.48 bits per heavy atom. The molecule has 1 unspecified atom stereocenters. The molecule has 1 aromatic carbocycles. The lowest BCUT2D eigenvalue weighted by atomic mass is 10.1. The fourth-order valence-electron chi connectivity index (χ4n) is 2.92. The summed E-state index contributed by atoms with van der Waals surface area (Å²) in [5, 5.41) is 3.54. The standard InChI is InChI=1S/C22H29FN2OS3/c1-5-6-7-8-13-29-20(16-9-11-17(23)12-10-16)21(26)25-19-18(27-3)14-15(2)24-22(19)28-4/h9-12,14,20H,5-8,13H2,1-4H3,(H,25,26). The molecule has 29 heavy (non-hydrogen) atoms. The molecule has 0 radical (unpaired) electrons. The van der Waals surface area contributed by atoms with Gasteiger partial charge in [0.2, 0.25) is 5.91 Å². The van der Waals surface area contributed by atoms with Gasteiger partial charge in [0.05, 0.1) is 5.69 Å². The predicted octanol–water partition coefficient (Wildman–Crippen LogP) is 6.97. The van der Waals surface area contributed by atoms with E-state index in [9.17, 15) is 9.18 Å². The van der Waals surface area contributed by atoms with Gasteiger partial charge in [-0.3, -0.25) is 4.79 Å². The molecule has 1 heterocycles. The van der Waals surface area contributed by atoms with Gasteiger partial charge < -0.3 is 5.32 Å². The molecule has 1 atom stereocenters. The van der Waals surface area contributed by atoms with Crippen LogP contribution in [0.3, 0.4) is 0 Å². The lowest BCUT2D eigenvalue weighted by molar-refractivity contribution is -0.115. The Morgan fingerprint density at radius 1 is 1.14 bits per heavy atom. The van der Waals surface area contributed by atoms with E-state index in [1.807, 2.05) is 25.5 Å². The minimum Gasteiger partial charge on any atom is -0.322 e. The van der Waals surface area contributed by atoms with E-state index in [-0.39, 0.29) is 17.0 Å². The number of carbonyl (C=O) groups is 1. The van der Waals surface area contributed by atoms with Crippen molar-refractivity contribution in [2.75, 3.05) is 23.6 Å². The first kappa shape index (κ1) is 24.1. The second-order valence-electron chi connectivity index (χ2n) is 6.70. The van der Waals surface area contributed by atoms with Crippen molar-refractivity contribution in [2.24, 2.45) is 0 Å². The number of benzene rings is 1. The van der Waals surface area contributed by atoms with E-state index in [0.29, 0.717) is 0 Å². The summed E-state index contributed by atoms with van der Waals surface area (Å²) in [6.07, 6.45) is 8.58. The molecule has 2 rings (SSSR count). The van der Waals surface area contributed by atoms with Crippen LogP contribution in [0.1, 0.15) is 49.1 Å². The lowest BCUT2D eigenvalue weighted by Crippen LogP contribution is -2.20. The quantitative estimate of drug-likeness (QED) is 0.295.